The Bertz CT molecular complexity index is 763. The third-order valence-corrected chi connectivity index (χ3v) is 4.47. The first-order valence-corrected chi connectivity index (χ1v) is 8.61. The maximum Gasteiger partial charge on any atom is 0.315 e. The maximum atomic E-state index is 12.2. The molecular weight excluding hydrogens is 361 g/mol. The van der Waals surface area contributed by atoms with Gasteiger partial charge in [0.1, 0.15) is 0 Å². The predicted octanol–water partition coefficient (Wildman–Crippen LogP) is 3.60. The van der Waals surface area contributed by atoms with E-state index in [-0.39, 0.29) is 24.4 Å². The van der Waals surface area contributed by atoms with Crippen LogP contribution in [0.2, 0.25) is 10.0 Å². The highest BCUT2D eigenvalue weighted by atomic mass is 35.5. The molecule has 5 nitrogen and oxygen atoms in total. The molecule has 0 bridgehead atoms. The highest BCUT2D eigenvalue weighted by Crippen LogP contribution is 2.23. The summed E-state index contributed by atoms with van der Waals surface area (Å²) < 4.78 is 0. The van der Waals surface area contributed by atoms with Crippen LogP contribution in [-0.4, -0.2) is 24.5 Å². The summed E-state index contributed by atoms with van der Waals surface area (Å²) in [7, 11) is 0. The van der Waals surface area contributed by atoms with E-state index in [0.717, 1.165) is 11.3 Å². The minimum absolute atomic E-state index is 0.0228. The Hall–Kier alpha value is -2.24. The second kappa shape index (κ2) is 7.76. The summed E-state index contributed by atoms with van der Waals surface area (Å²) in [5.41, 5.74) is 1.73. The minimum atomic E-state index is -0.300. The number of carbonyl (C=O) groups is 2. The molecule has 2 aromatic rings. The number of nitrogens with one attached hydrogen (secondary N) is 2. The van der Waals surface area contributed by atoms with Gasteiger partial charge in [-0.25, -0.2) is 4.79 Å². The molecule has 130 valence electrons. The zero-order chi connectivity index (χ0) is 17.8. The largest absolute Gasteiger partial charge is 0.334 e. The lowest BCUT2D eigenvalue weighted by Gasteiger charge is -2.17. The molecule has 1 aliphatic rings. The molecule has 0 saturated carbocycles. The third kappa shape index (κ3) is 4.65. The van der Waals surface area contributed by atoms with Crippen LogP contribution in [0.25, 0.3) is 0 Å². The molecule has 1 fully saturated rings. The highest BCUT2D eigenvalue weighted by molar-refractivity contribution is 6.30. The fraction of sp³-hybridized carbons (Fsp3) is 0.222. The van der Waals surface area contributed by atoms with Gasteiger partial charge in [0.25, 0.3) is 0 Å². The van der Waals surface area contributed by atoms with Gasteiger partial charge < -0.3 is 15.5 Å². The van der Waals surface area contributed by atoms with E-state index in [1.165, 1.54) is 0 Å². The number of rotatable bonds is 4. The molecule has 1 saturated heterocycles. The number of hydrogen-bond donors (Lipinski definition) is 2. The van der Waals surface area contributed by atoms with E-state index in [1.54, 1.807) is 41.3 Å². The zero-order valence-corrected chi connectivity index (χ0v) is 14.8. The van der Waals surface area contributed by atoms with E-state index in [9.17, 15) is 9.59 Å². The Morgan fingerprint density at radius 3 is 2.28 bits per heavy atom. The average molecular weight is 378 g/mol. The number of benzene rings is 2. The number of halogens is 2. The Kier molecular flexibility index (Phi) is 5.46. The lowest BCUT2D eigenvalue weighted by molar-refractivity contribution is -0.117. The number of amides is 3. The van der Waals surface area contributed by atoms with Gasteiger partial charge in [0.05, 0.1) is 6.04 Å². The highest BCUT2D eigenvalue weighted by Gasteiger charge is 2.31. The van der Waals surface area contributed by atoms with Crippen molar-refractivity contribution in [3.63, 3.8) is 0 Å². The number of nitrogens with zero attached hydrogens (tertiary/aromatic N) is 1. The normalized spacial score (nSPS) is 16.8. The molecule has 0 aromatic heterocycles. The van der Waals surface area contributed by atoms with Crippen molar-refractivity contribution in [1.29, 1.82) is 0 Å². The second-order valence-corrected chi connectivity index (χ2v) is 6.71. The van der Waals surface area contributed by atoms with Crippen LogP contribution in [0.4, 0.5) is 10.5 Å². The van der Waals surface area contributed by atoms with Crippen molar-refractivity contribution in [3.05, 3.63) is 64.1 Å². The van der Waals surface area contributed by atoms with E-state index in [2.05, 4.69) is 10.6 Å². The minimum Gasteiger partial charge on any atom is -0.334 e. The molecule has 3 rings (SSSR count). The van der Waals surface area contributed by atoms with Crippen LogP contribution >= 0.6 is 23.2 Å². The summed E-state index contributed by atoms with van der Waals surface area (Å²) in [4.78, 5) is 25.9. The molecule has 25 heavy (non-hydrogen) atoms. The Balaban J connectivity index is 1.51. The van der Waals surface area contributed by atoms with Gasteiger partial charge in [0.15, 0.2) is 0 Å². The number of carbonyl (C=O) groups excluding carboxylic acids is 2. The Morgan fingerprint density at radius 1 is 1.04 bits per heavy atom. The first-order valence-electron chi connectivity index (χ1n) is 7.86. The standard InChI is InChI=1S/C18H17Cl2N3O2/c19-13-3-1-12(2-4-13)10-21-18(25)22-15-9-17(24)23(11-15)16-7-5-14(20)6-8-16/h1-8,15H,9-11H2,(H2,21,22,25). The molecular formula is C18H17Cl2N3O2. The number of urea groups is 1. The van der Waals surface area contributed by atoms with Gasteiger partial charge in [-0.2, -0.15) is 0 Å². The second-order valence-electron chi connectivity index (χ2n) is 5.84. The summed E-state index contributed by atoms with van der Waals surface area (Å²) in [6, 6.07) is 13.8. The van der Waals surface area contributed by atoms with Crippen molar-refractivity contribution in [3.8, 4) is 0 Å². The smallest absolute Gasteiger partial charge is 0.315 e. The van der Waals surface area contributed by atoms with Crippen LogP contribution in [0.1, 0.15) is 12.0 Å². The fourth-order valence-electron chi connectivity index (χ4n) is 2.70. The zero-order valence-electron chi connectivity index (χ0n) is 13.3. The van der Waals surface area contributed by atoms with Crippen LogP contribution in [0.5, 0.6) is 0 Å². The van der Waals surface area contributed by atoms with Gasteiger partial charge in [-0.3, -0.25) is 4.79 Å². The van der Waals surface area contributed by atoms with Crippen molar-refractivity contribution < 1.29 is 9.59 Å². The van der Waals surface area contributed by atoms with Crippen LogP contribution in [0.15, 0.2) is 48.5 Å². The van der Waals surface area contributed by atoms with Crippen molar-refractivity contribution >= 4 is 40.8 Å². The molecule has 1 unspecified atom stereocenters. The molecule has 2 N–H and O–H groups in total. The molecule has 1 aliphatic heterocycles. The third-order valence-electron chi connectivity index (χ3n) is 3.96. The predicted molar refractivity (Wildman–Crippen MR) is 99.0 cm³/mol. The van der Waals surface area contributed by atoms with E-state index in [1.807, 2.05) is 12.1 Å². The van der Waals surface area contributed by atoms with Crippen LogP contribution in [0.3, 0.4) is 0 Å². The van der Waals surface area contributed by atoms with Gasteiger partial charge in [0.2, 0.25) is 5.91 Å². The summed E-state index contributed by atoms with van der Waals surface area (Å²) in [6.45, 7) is 0.833. The molecule has 0 aliphatic carbocycles. The topological polar surface area (TPSA) is 61.4 Å². The van der Waals surface area contributed by atoms with Gasteiger partial charge in [-0.1, -0.05) is 35.3 Å². The van der Waals surface area contributed by atoms with E-state index >= 15 is 0 Å². The van der Waals surface area contributed by atoms with Gasteiger partial charge >= 0.3 is 6.03 Å². The lowest BCUT2D eigenvalue weighted by Crippen LogP contribution is -2.43. The first kappa shape index (κ1) is 17.6. The van der Waals surface area contributed by atoms with E-state index in [0.29, 0.717) is 23.1 Å². The molecule has 7 heteroatoms. The molecule has 3 amide bonds. The average Bonchev–Trinajstić information content (AvgIpc) is 2.95. The summed E-state index contributed by atoms with van der Waals surface area (Å²) >= 11 is 11.7. The maximum absolute atomic E-state index is 12.2. The van der Waals surface area contributed by atoms with Crippen molar-refractivity contribution in [2.75, 3.05) is 11.4 Å². The summed E-state index contributed by atoms with van der Waals surface area (Å²) in [6.07, 6.45) is 0.275. The van der Waals surface area contributed by atoms with Crippen molar-refractivity contribution in [1.82, 2.24) is 10.6 Å². The Labute approximate surface area is 155 Å². The van der Waals surface area contributed by atoms with Crippen molar-refractivity contribution in [2.45, 2.75) is 19.0 Å². The van der Waals surface area contributed by atoms with Crippen LogP contribution in [0, 0.1) is 0 Å². The number of anilines is 1. The molecule has 0 radical (unpaired) electrons. The molecule has 1 atom stereocenters. The fourth-order valence-corrected chi connectivity index (χ4v) is 2.95. The van der Waals surface area contributed by atoms with Crippen molar-refractivity contribution in [2.24, 2.45) is 0 Å². The monoisotopic (exact) mass is 377 g/mol. The molecule has 2 aromatic carbocycles. The number of hydrogen-bond acceptors (Lipinski definition) is 2. The van der Waals surface area contributed by atoms with E-state index < -0.39 is 0 Å². The quantitative estimate of drug-likeness (QED) is 0.854. The lowest BCUT2D eigenvalue weighted by atomic mass is 10.2. The van der Waals surface area contributed by atoms with E-state index in [4.69, 9.17) is 23.2 Å². The molecule has 0 spiro atoms. The Morgan fingerprint density at radius 2 is 1.64 bits per heavy atom. The van der Waals surface area contributed by atoms with Gasteiger partial charge in [0, 0.05) is 35.2 Å². The van der Waals surface area contributed by atoms with Gasteiger partial charge in [-0.05, 0) is 42.0 Å². The van der Waals surface area contributed by atoms with Gasteiger partial charge in [-0.15, -0.1) is 0 Å². The SMILES string of the molecule is O=C(NCc1ccc(Cl)cc1)NC1CC(=O)N(c2ccc(Cl)cc2)C1. The summed E-state index contributed by atoms with van der Waals surface area (Å²) in [5, 5.41) is 6.89. The van der Waals surface area contributed by atoms with Crippen LogP contribution < -0.4 is 15.5 Å². The van der Waals surface area contributed by atoms with Crippen LogP contribution in [-0.2, 0) is 11.3 Å². The first-order chi connectivity index (χ1) is 12.0. The summed E-state index contributed by atoms with van der Waals surface area (Å²) in [5.74, 6) is -0.0228. The molecule has 1 heterocycles.